The molecule has 2 aliphatic heterocycles. The zero-order valence-electron chi connectivity index (χ0n) is 13.8. The van der Waals surface area contributed by atoms with E-state index in [2.05, 4.69) is 83.3 Å². The molecule has 0 spiro atoms. The van der Waals surface area contributed by atoms with Crippen LogP contribution in [0, 0.1) is 0 Å². The lowest BCUT2D eigenvalue weighted by Crippen LogP contribution is -2.51. The Kier molecular flexibility index (Phi) is 3.53. The molecule has 0 bridgehead atoms. The second-order valence-electron chi connectivity index (χ2n) is 6.81. The Labute approximate surface area is 150 Å². The molecule has 0 radical (unpaired) electrons. The van der Waals surface area contributed by atoms with Crippen LogP contribution in [0.15, 0.2) is 59.1 Å². The van der Waals surface area contributed by atoms with E-state index in [-0.39, 0.29) is 11.4 Å². The smallest absolute Gasteiger partial charge is 0.243 e. The number of para-hydroxylation sites is 1. The van der Waals surface area contributed by atoms with Gasteiger partial charge in [0.05, 0.1) is 11.2 Å². The van der Waals surface area contributed by atoms with Gasteiger partial charge in [0, 0.05) is 23.0 Å². The standard InChI is InChI=1S/C20H19BrN2O/c1-20(2)13-17(14-7-9-15(21)10-8-14)16-5-3-4-6-18(16)22-12-11-19(24)23(20)22/h3-10,13H,11-12H2,1-2H3. The molecule has 0 aliphatic carbocycles. The maximum absolute atomic E-state index is 12.5. The highest BCUT2D eigenvalue weighted by atomic mass is 79.9. The molecular formula is C20H19BrN2O. The van der Waals surface area contributed by atoms with Crippen molar-refractivity contribution in [3.8, 4) is 0 Å². The van der Waals surface area contributed by atoms with Gasteiger partial charge in [0.2, 0.25) is 5.91 Å². The summed E-state index contributed by atoms with van der Waals surface area (Å²) in [6, 6.07) is 16.7. The first-order valence-electron chi connectivity index (χ1n) is 8.16. The highest BCUT2D eigenvalue weighted by molar-refractivity contribution is 9.10. The lowest BCUT2D eigenvalue weighted by molar-refractivity contribution is -0.131. The van der Waals surface area contributed by atoms with E-state index in [4.69, 9.17) is 0 Å². The van der Waals surface area contributed by atoms with E-state index < -0.39 is 0 Å². The molecule has 122 valence electrons. The van der Waals surface area contributed by atoms with Gasteiger partial charge in [0.1, 0.15) is 0 Å². The summed E-state index contributed by atoms with van der Waals surface area (Å²) < 4.78 is 1.06. The summed E-state index contributed by atoms with van der Waals surface area (Å²) in [4.78, 5) is 12.5. The van der Waals surface area contributed by atoms with Crippen molar-refractivity contribution in [2.24, 2.45) is 0 Å². The van der Waals surface area contributed by atoms with Crippen LogP contribution in [0.1, 0.15) is 31.4 Å². The predicted molar refractivity (Wildman–Crippen MR) is 101 cm³/mol. The molecule has 4 rings (SSSR count). The Morgan fingerprint density at radius 1 is 1.04 bits per heavy atom. The monoisotopic (exact) mass is 382 g/mol. The molecule has 2 aliphatic rings. The van der Waals surface area contributed by atoms with Crippen molar-refractivity contribution in [3.05, 3.63) is 70.2 Å². The van der Waals surface area contributed by atoms with Gasteiger partial charge in [-0.15, -0.1) is 0 Å². The van der Waals surface area contributed by atoms with Crippen LogP contribution in [-0.2, 0) is 4.79 Å². The van der Waals surface area contributed by atoms with Crippen molar-refractivity contribution >= 4 is 33.1 Å². The van der Waals surface area contributed by atoms with E-state index in [9.17, 15) is 4.79 Å². The van der Waals surface area contributed by atoms with Gasteiger partial charge in [0.25, 0.3) is 0 Å². The van der Waals surface area contributed by atoms with Crippen molar-refractivity contribution in [2.75, 3.05) is 11.6 Å². The highest BCUT2D eigenvalue weighted by Gasteiger charge is 2.42. The predicted octanol–water partition coefficient (Wildman–Crippen LogP) is 4.63. The fourth-order valence-electron chi connectivity index (χ4n) is 3.69. The van der Waals surface area contributed by atoms with E-state index in [0.29, 0.717) is 6.42 Å². The molecule has 3 nitrogen and oxygen atoms in total. The van der Waals surface area contributed by atoms with E-state index >= 15 is 0 Å². The molecule has 24 heavy (non-hydrogen) atoms. The Bertz CT molecular complexity index is 839. The maximum atomic E-state index is 12.5. The van der Waals surface area contributed by atoms with Gasteiger partial charge >= 0.3 is 0 Å². The highest BCUT2D eigenvalue weighted by Crippen LogP contribution is 2.42. The molecule has 0 N–H and O–H groups in total. The first-order valence-corrected chi connectivity index (χ1v) is 8.95. The van der Waals surface area contributed by atoms with Crippen LogP contribution in [0.5, 0.6) is 0 Å². The molecule has 2 aromatic rings. The quantitative estimate of drug-likeness (QED) is 0.717. The number of carbonyl (C=O) groups excluding carboxylic acids is 1. The maximum Gasteiger partial charge on any atom is 0.243 e. The van der Waals surface area contributed by atoms with Crippen LogP contribution >= 0.6 is 15.9 Å². The summed E-state index contributed by atoms with van der Waals surface area (Å²) in [5, 5.41) is 4.05. The van der Waals surface area contributed by atoms with E-state index in [1.165, 1.54) is 11.1 Å². The van der Waals surface area contributed by atoms with E-state index in [1.54, 1.807) is 0 Å². The minimum Gasteiger partial charge on any atom is -0.281 e. The van der Waals surface area contributed by atoms with Gasteiger partial charge < -0.3 is 0 Å². The van der Waals surface area contributed by atoms with Crippen LogP contribution in [-0.4, -0.2) is 23.0 Å². The average molecular weight is 383 g/mol. The summed E-state index contributed by atoms with van der Waals surface area (Å²) in [5.41, 5.74) is 4.22. The number of hydrogen-bond acceptors (Lipinski definition) is 2. The van der Waals surface area contributed by atoms with Crippen LogP contribution in [0.2, 0.25) is 0 Å². The number of hydrogen-bond donors (Lipinski definition) is 0. The molecule has 2 heterocycles. The number of anilines is 1. The van der Waals surface area contributed by atoms with Crippen LogP contribution in [0.3, 0.4) is 0 Å². The Balaban J connectivity index is 1.97. The number of fused-ring (bicyclic) bond motifs is 3. The van der Waals surface area contributed by atoms with Crippen molar-refractivity contribution in [2.45, 2.75) is 25.8 Å². The van der Waals surface area contributed by atoms with Crippen LogP contribution < -0.4 is 5.01 Å². The van der Waals surface area contributed by atoms with Crippen molar-refractivity contribution in [3.63, 3.8) is 0 Å². The molecule has 4 heteroatoms. The summed E-state index contributed by atoms with van der Waals surface area (Å²) >= 11 is 3.51. The number of halogens is 1. The number of rotatable bonds is 1. The second kappa shape index (κ2) is 5.49. The number of amides is 1. The normalized spacial score (nSPS) is 18.8. The third-order valence-corrected chi connectivity index (χ3v) is 5.21. The zero-order valence-corrected chi connectivity index (χ0v) is 15.4. The topological polar surface area (TPSA) is 23.6 Å². The van der Waals surface area contributed by atoms with E-state index in [0.717, 1.165) is 22.3 Å². The number of benzene rings is 2. The fraction of sp³-hybridized carbons (Fsp3) is 0.250. The Morgan fingerprint density at radius 3 is 2.50 bits per heavy atom. The summed E-state index contributed by atoms with van der Waals surface area (Å²) in [5.74, 6) is 0.183. The van der Waals surface area contributed by atoms with Crippen LogP contribution in [0.4, 0.5) is 5.69 Å². The minimum atomic E-state index is -0.380. The first-order chi connectivity index (χ1) is 11.5. The summed E-state index contributed by atoms with van der Waals surface area (Å²) in [6.45, 7) is 4.95. The van der Waals surface area contributed by atoms with Crippen molar-refractivity contribution in [1.29, 1.82) is 0 Å². The molecule has 1 saturated heterocycles. The van der Waals surface area contributed by atoms with Gasteiger partial charge in [-0.05, 0) is 49.3 Å². The summed E-state index contributed by atoms with van der Waals surface area (Å²) in [6.07, 6.45) is 2.79. The van der Waals surface area contributed by atoms with Gasteiger partial charge in [-0.1, -0.05) is 46.3 Å². The molecule has 2 aromatic carbocycles. The van der Waals surface area contributed by atoms with Gasteiger partial charge in [0.15, 0.2) is 0 Å². The van der Waals surface area contributed by atoms with Crippen molar-refractivity contribution < 1.29 is 4.79 Å². The third kappa shape index (κ3) is 2.37. The minimum absolute atomic E-state index is 0.183. The Morgan fingerprint density at radius 2 is 1.75 bits per heavy atom. The van der Waals surface area contributed by atoms with Crippen LogP contribution in [0.25, 0.3) is 5.57 Å². The molecule has 0 unspecified atom stereocenters. The molecule has 1 fully saturated rings. The molecule has 0 saturated carbocycles. The third-order valence-electron chi connectivity index (χ3n) is 4.69. The zero-order chi connectivity index (χ0) is 16.9. The van der Waals surface area contributed by atoms with Gasteiger partial charge in [-0.3, -0.25) is 9.80 Å². The second-order valence-corrected chi connectivity index (χ2v) is 7.73. The number of carbonyl (C=O) groups is 1. The molecule has 0 aromatic heterocycles. The molecule has 0 atom stereocenters. The Hall–Kier alpha value is -2.07. The lowest BCUT2D eigenvalue weighted by Gasteiger charge is -2.39. The first kappa shape index (κ1) is 15.5. The lowest BCUT2D eigenvalue weighted by atomic mass is 9.91. The molecule has 1 amide bonds. The van der Waals surface area contributed by atoms with Gasteiger partial charge in [-0.2, -0.15) is 0 Å². The SMILES string of the molecule is CC1(C)C=C(c2ccc(Br)cc2)c2ccccc2N2CCC(=O)N21. The number of nitrogens with zero attached hydrogens (tertiary/aromatic N) is 2. The average Bonchev–Trinajstić information content (AvgIpc) is 2.92. The van der Waals surface area contributed by atoms with Crippen molar-refractivity contribution in [1.82, 2.24) is 5.01 Å². The summed E-state index contributed by atoms with van der Waals surface area (Å²) in [7, 11) is 0. The van der Waals surface area contributed by atoms with E-state index in [1.807, 2.05) is 11.1 Å². The largest absolute Gasteiger partial charge is 0.281 e. The molecular weight excluding hydrogens is 364 g/mol. The fourth-order valence-corrected chi connectivity index (χ4v) is 3.95. The number of hydrazine groups is 1. The van der Waals surface area contributed by atoms with Gasteiger partial charge in [-0.25, -0.2) is 5.01 Å².